The highest BCUT2D eigenvalue weighted by molar-refractivity contribution is 9.10. The molecule has 0 N–H and O–H groups in total. The molecule has 3 heteroatoms. The van der Waals surface area contributed by atoms with Crippen molar-refractivity contribution in [1.82, 2.24) is 0 Å². The number of hydrogen-bond donors (Lipinski definition) is 0. The molecule has 0 amide bonds. The minimum absolute atomic E-state index is 0.441. The van der Waals surface area contributed by atoms with E-state index in [1.54, 1.807) is 11.3 Å². The first-order chi connectivity index (χ1) is 5.77. The minimum Gasteiger partial charge on any atom is -0.258 e. The van der Waals surface area contributed by atoms with Crippen LogP contribution in [0.2, 0.25) is 0 Å². The number of hydrogen-bond acceptors (Lipinski definition) is 2. The summed E-state index contributed by atoms with van der Waals surface area (Å²) in [5, 5.41) is 2.07. The van der Waals surface area contributed by atoms with Crippen molar-refractivity contribution in [3.63, 3.8) is 0 Å². The first-order valence-corrected chi connectivity index (χ1v) is 5.44. The van der Waals surface area contributed by atoms with Crippen LogP contribution in [0.3, 0.4) is 0 Å². The standard InChI is InChI=1S/C9H8BrNS/c1-6-2-3-8-9(11-4-6)7(10)5-12-8/h2-6H,1H3. The quantitative estimate of drug-likeness (QED) is 0.654. The molecule has 0 aromatic carbocycles. The third kappa shape index (κ3) is 1.39. The lowest BCUT2D eigenvalue weighted by Crippen LogP contribution is -1.86. The smallest absolute Gasteiger partial charge is 0.0947 e. The molecule has 0 saturated carbocycles. The Morgan fingerprint density at radius 1 is 1.58 bits per heavy atom. The van der Waals surface area contributed by atoms with E-state index in [0.29, 0.717) is 5.92 Å². The summed E-state index contributed by atoms with van der Waals surface area (Å²) >= 11 is 5.19. The van der Waals surface area contributed by atoms with Crippen molar-refractivity contribution in [2.45, 2.75) is 6.92 Å². The largest absolute Gasteiger partial charge is 0.258 e. The van der Waals surface area contributed by atoms with Crippen molar-refractivity contribution in [2.24, 2.45) is 10.9 Å². The van der Waals surface area contributed by atoms with Gasteiger partial charge in [0.15, 0.2) is 0 Å². The SMILES string of the molecule is CC1C=Cc2scc(Br)c2N=C1. The predicted molar refractivity (Wildman–Crippen MR) is 58.4 cm³/mol. The van der Waals surface area contributed by atoms with Crippen LogP contribution in [0.15, 0.2) is 20.9 Å². The fourth-order valence-electron chi connectivity index (χ4n) is 1.07. The lowest BCUT2D eigenvalue weighted by Gasteiger charge is -1.91. The number of fused-ring (bicyclic) bond motifs is 1. The zero-order valence-corrected chi connectivity index (χ0v) is 9.02. The molecule has 0 bridgehead atoms. The zero-order chi connectivity index (χ0) is 8.55. The molecule has 1 unspecified atom stereocenters. The maximum Gasteiger partial charge on any atom is 0.0947 e. The summed E-state index contributed by atoms with van der Waals surface area (Å²) < 4.78 is 1.09. The third-order valence-corrected chi connectivity index (χ3v) is 3.58. The van der Waals surface area contributed by atoms with Gasteiger partial charge in [0.25, 0.3) is 0 Å². The van der Waals surface area contributed by atoms with Gasteiger partial charge in [-0.1, -0.05) is 13.0 Å². The van der Waals surface area contributed by atoms with Crippen LogP contribution in [0, 0.1) is 5.92 Å². The van der Waals surface area contributed by atoms with Gasteiger partial charge in [0.05, 0.1) is 15.0 Å². The van der Waals surface area contributed by atoms with Crippen molar-refractivity contribution in [3.8, 4) is 0 Å². The van der Waals surface area contributed by atoms with Crippen molar-refractivity contribution < 1.29 is 0 Å². The lowest BCUT2D eigenvalue weighted by atomic mass is 10.2. The first kappa shape index (κ1) is 8.20. The predicted octanol–water partition coefficient (Wildman–Crippen LogP) is 3.88. The summed E-state index contributed by atoms with van der Waals surface area (Å²) in [4.78, 5) is 5.64. The van der Waals surface area contributed by atoms with Crippen LogP contribution >= 0.6 is 27.3 Å². The topological polar surface area (TPSA) is 12.4 Å². The number of aliphatic imine (C=N–C) groups is 1. The Hall–Kier alpha value is -0.410. The van der Waals surface area contributed by atoms with E-state index in [2.05, 4.69) is 45.4 Å². The Morgan fingerprint density at radius 2 is 2.42 bits per heavy atom. The Bertz CT molecular complexity index is 351. The molecular formula is C9H8BrNS. The van der Waals surface area contributed by atoms with Crippen molar-refractivity contribution in [3.05, 3.63) is 20.8 Å². The average molecular weight is 242 g/mol. The number of thiophene rings is 1. The molecule has 0 fully saturated rings. The normalized spacial score (nSPS) is 20.7. The van der Waals surface area contributed by atoms with Gasteiger partial charge in [-0.25, -0.2) is 0 Å². The fourth-order valence-corrected chi connectivity index (χ4v) is 2.57. The van der Waals surface area contributed by atoms with Crippen LogP contribution in [0.1, 0.15) is 11.8 Å². The van der Waals surface area contributed by atoms with E-state index in [4.69, 9.17) is 0 Å². The summed E-state index contributed by atoms with van der Waals surface area (Å²) in [5.41, 5.74) is 1.07. The van der Waals surface area contributed by atoms with Crippen LogP contribution in [-0.2, 0) is 0 Å². The van der Waals surface area contributed by atoms with E-state index in [1.807, 2.05) is 6.21 Å². The highest BCUT2D eigenvalue weighted by atomic mass is 79.9. The van der Waals surface area contributed by atoms with Gasteiger partial charge in [-0.3, -0.25) is 4.99 Å². The Labute approximate surface area is 84.0 Å². The molecule has 12 heavy (non-hydrogen) atoms. The van der Waals surface area contributed by atoms with Crippen LogP contribution in [0.25, 0.3) is 6.08 Å². The van der Waals surface area contributed by atoms with Gasteiger partial charge < -0.3 is 0 Å². The summed E-state index contributed by atoms with van der Waals surface area (Å²) in [7, 11) is 0. The van der Waals surface area contributed by atoms with Gasteiger partial charge in [-0.2, -0.15) is 0 Å². The van der Waals surface area contributed by atoms with E-state index < -0.39 is 0 Å². The van der Waals surface area contributed by atoms with Crippen LogP contribution in [-0.4, -0.2) is 6.21 Å². The number of nitrogens with zero attached hydrogens (tertiary/aromatic N) is 1. The maximum absolute atomic E-state index is 4.40. The second kappa shape index (κ2) is 3.15. The Balaban J connectivity index is 2.54. The second-order valence-electron chi connectivity index (χ2n) is 2.79. The molecule has 0 spiro atoms. The number of halogens is 1. The molecule has 2 rings (SSSR count). The van der Waals surface area contributed by atoms with Crippen molar-refractivity contribution >= 4 is 45.2 Å². The van der Waals surface area contributed by atoms with E-state index in [9.17, 15) is 0 Å². The number of rotatable bonds is 0. The molecule has 1 aromatic heterocycles. The van der Waals surface area contributed by atoms with Gasteiger partial charge in [0.1, 0.15) is 0 Å². The van der Waals surface area contributed by atoms with E-state index in [-0.39, 0.29) is 0 Å². The molecule has 1 atom stereocenters. The summed E-state index contributed by atoms with van der Waals surface area (Å²) in [6.45, 7) is 2.13. The molecule has 1 aliphatic heterocycles. The fraction of sp³-hybridized carbons (Fsp3) is 0.222. The molecular weight excluding hydrogens is 234 g/mol. The van der Waals surface area contributed by atoms with Crippen LogP contribution < -0.4 is 0 Å². The summed E-state index contributed by atoms with van der Waals surface area (Å²) in [6, 6.07) is 0. The monoisotopic (exact) mass is 241 g/mol. The molecule has 62 valence electrons. The van der Waals surface area contributed by atoms with Crippen molar-refractivity contribution in [1.29, 1.82) is 0 Å². The van der Waals surface area contributed by atoms with Gasteiger partial charge in [0.2, 0.25) is 0 Å². The van der Waals surface area contributed by atoms with Gasteiger partial charge in [0, 0.05) is 17.5 Å². The average Bonchev–Trinajstić information content (AvgIpc) is 2.28. The highest BCUT2D eigenvalue weighted by Crippen LogP contribution is 2.37. The molecule has 2 heterocycles. The van der Waals surface area contributed by atoms with Gasteiger partial charge in [-0.15, -0.1) is 11.3 Å². The Morgan fingerprint density at radius 3 is 3.25 bits per heavy atom. The van der Waals surface area contributed by atoms with Gasteiger partial charge in [-0.05, 0) is 22.0 Å². The van der Waals surface area contributed by atoms with Crippen LogP contribution in [0.4, 0.5) is 5.69 Å². The Kier molecular flexibility index (Phi) is 2.15. The van der Waals surface area contributed by atoms with Gasteiger partial charge >= 0.3 is 0 Å². The summed E-state index contributed by atoms with van der Waals surface area (Å²) in [6.07, 6.45) is 6.28. The van der Waals surface area contributed by atoms with Crippen molar-refractivity contribution in [2.75, 3.05) is 0 Å². The highest BCUT2D eigenvalue weighted by Gasteiger charge is 2.08. The first-order valence-electron chi connectivity index (χ1n) is 3.77. The molecule has 0 radical (unpaired) electrons. The molecule has 1 nitrogen and oxygen atoms in total. The second-order valence-corrected chi connectivity index (χ2v) is 4.56. The minimum atomic E-state index is 0.441. The summed E-state index contributed by atoms with van der Waals surface area (Å²) in [5.74, 6) is 0.441. The van der Waals surface area contributed by atoms with E-state index in [0.717, 1.165) is 10.2 Å². The zero-order valence-electron chi connectivity index (χ0n) is 6.62. The van der Waals surface area contributed by atoms with E-state index >= 15 is 0 Å². The molecule has 1 aliphatic rings. The maximum atomic E-state index is 4.40. The number of allylic oxidation sites excluding steroid dienone is 1. The van der Waals surface area contributed by atoms with Crippen LogP contribution in [0.5, 0.6) is 0 Å². The lowest BCUT2D eigenvalue weighted by molar-refractivity contribution is 1.03. The molecule has 0 aliphatic carbocycles. The molecule has 0 saturated heterocycles. The molecule has 1 aromatic rings. The van der Waals surface area contributed by atoms with E-state index in [1.165, 1.54) is 4.88 Å². The third-order valence-electron chi connectivity index (χ3n) is 1.74.